The first-order chi connectivity index (χ1) is 9.26. The summed E-state index contributed by atoms with van der Waals surface area (Å²) in [7, 11) is 0. The lowest BCUT2D eigenvalue weighted by atomic mass is 9.80. The maximum absolute atomic E-state index is 11.8. The topological polar surface area (TPSA) is 61.5 Å². The van der Waals surface area contributed by atoms with Gasteiger partial charge in [0.15, 0.2) is 0 Å². The molecule has 1 aliphatic rings. The Balaban J connectivity index is 2.43. The van der Waals surface area contributed by atoms with Gasteiger partial charge in [-0.05, 0) is 51.9 Å². The lowest BCUT2D eigenvalue weighted by molar-refractivity contribution is -0.151. The minimum absolute atomic E-state index is 0.0278. The molecule has 0 bridgehead atoms. The predicted octanol–water partition coefficient (Wildman–Crippen LogP) is 2.89. The van der Waals surface area contributed by atoms with Gasteiger partial charge in [0.2, 0.25) is 0 Å². The Hall–Kier alpha value is -0.610. The Morgan fingerprint density at radius 2 is 2.00 bits per heavy atom. The van der Waals surface area contributed by atoms with E-state index >= 15 is 0 Å². The minimum atomic E-state index is -0.969. The Labute approximate surface area is 123 Å². The van der Waals surface area contributed by atoms with Crippen LogP contribution in [0.4, 0.5) is 0 Å². The van der Waals surface area contributed by atoms with Gasteiger partial charge < -0.3 is 15.2 Å². The summed E-state index contributed by atoms with van der Waals surface area (Å²) in [6.07, 6.45) is 4.19. The second kappa shape index (κ2) is 7.41. The highest BCUT2D eigenvalue weighted by atomic mass is 16.5. The Kier molecular flexibility index (Phi) is 6.46. The van der Waals surface area contributed by atoms with Gasteiger partial charge in [-0.3, -0.25) is 4.79 Å². The van der Waals surface area contributed by atoms with Crippen molar-refractivity contribution in [3.8, 4) is 0 Å². The summed E-state index contributed by atoms with van der Waals surface area (Å²) in [6.45, 7) is 10.5. The van der Waals surface area contributed by atoms with E-state index in [2.05, 4.69) is 13.8 Å². The van der Waals surface area contributed by atoms with Gasteiger partial charge in [-0.15, -0.1) is 0 Å². The molecule has 118 valence electrons. The van der Waals surface area contributed by atoms with Crippen LogP contribution >= 0.6 is 0 Å². The van der Waals surface area contributed by atoms with Gasteiger partial charge in [0.05, 0.1) is 18.8 Å². The first kappa shape index (κ1) is 17.4. The van der Waals surface area contributed by atoms with Crippen LogP contribution in [-0.4, -0.2) is 30.3 Å². The zero-order chi connectivity index (χ0) is 15.3. The zero-order valence-corrected chi connectivity index (χ0v) is 13.6. The highest BCUT2D eigenvalue weighted by Gasteiger charge is 2.34. The van der Waals surface area contributed by atoms with E-state index in [9.17, 15) is 4.79 Å². The van der Waals surface area contributed by atoms with Gasteiger partial charge in [0.25, 0.3) is 0 Å². The molecule has 0 aliphatic heterocycles. The van der Waals surface area contributed by atoms with E-state index in [1.165, 1.54) is 6.42 Å². The van der Waals surface area contributed by atoms with E-state index in [1.807, 2.05) is 6.92 Å². The summed E-state index contributed by atoms with van der Waals surface area (Å²) in [5.74, 6) is 1.14. The molecular formula is C16H31NO3. The van der Waals surface area contributed by atoms with Crippen LogP contribution in [0.5, 0.6) is 0 Å². The van der Waals surface area contributed by atoms with E-state index in [0.29, 0.717) is 25.0 Å². The van der Waals surface area contributed by atoms with Crippen molar-refractivity contribution in [2.45, 2.75) is 78.0 Å². The van der Waals surface area contributed by atoms with Crippen molar-refractivity contribution in [3.05, 3.63) is 0 Å². The molecule has 0 heterocycles. The summed E-state index contributed by atoms with van der Waals surface area (Å²) in [4.78, 5) is 11.8. The monoisotopic (exact) mass is 285 g/mol. The van der Waals surface area contributed by atoms with Crippen LogP contribution in [0.25, 0.3) is 0 Å². The van der Waals surface area contributed by atoms with Crippen molar-refractivity contribution in [1.29, 1.82) is 0 Å². The molecule has 5 atom stereocenters. The molecule has 5 unspecified atom stereocenters. The van der Waals surface area contributed by atoms with Crippen LogP contribution in [0, 0.1) is 11.8 Å². The second-order valence-electron chi connectivity index (χ2n) is 6.68. The summed E-state index contributed by atoms with van der Waals surface area (Å²) >= 11 is 0. The molecule has 20 heavy (non-hydrogen) atoms. The van der Waals surface area contributed by atoms with Crippen molar-refractivity contribution in [1.82, 2.24) is 0 Å². The van der Waals surface area contributed by atoms with Gasteiger partial charge in [0, 0.05) is 6.42 Å². The molecule has 4 nitrogen and oxygen atoms in total. The molecule has 1 saturated carbocycles. The number of hydrogen-bond acceptors (Lipinski definition) is 4. The average molecular weight is 285 g/mol. The molecule has 0 aromatic heterocycles. The number of carbonyl (C=O) groups is 1. The minimum Gasteiger partial charge on any atom is -0.465 e. The Bertz CT molecular complexity index is 317. The molecule has 0 aromatic rings. The molecule has 1 fully saturated rings. The lowest BCUT2D eigenvalue weighted by Crippen LogP contribution is -2.49. The van der Waals surface area contributed by atoms with E-state index in [4.69, 9.17) is 15.2 Å². The quantitative estimate of drug-likeness (QED) is 0.762. The summed E-state index contributed by atoms with van der Waals surface area (Å²) in [6, 6.07) is 0. The van der Waals surface area contributed by atoms with E-state index < -0.39 is 5.54 Å². The first-order valence-electron chi connectivity index (χ1n) is 7.87. The third-order valence-electron chi connectivity index (χ3n) is 4.43. The number of rotatable bonds is 6. The highest BCUT2D eigenvalue weighted by molar-refractivity contribution is 5.80. The molecule has 0 amide bonds. The van der Waals surface area contributed by atoms with Crippen molar-refractivity contribution in [3.63, 3.8) is 0 Å². The smallest absolute Gasteiger partial charge is 0.325 e. The molecule has 1 rings (SSSR count). The molecular weight excluding hydrogens is 254 g/mol. The van der Waals surface area contributed by atoms with Crippen molar-refractivity contribution < 1.29 is 14.3 Å². The zero-order valence-electron chi connectivity index (χ0n) is 13.6. The second-order valence-corrected chi connectivity index (χ2v) is 6.68. The van der Waals surface area contributed by atoms with Gasteiger partial charge in [-0.2, -0.15) is 0 Å². The van der Waals surface area contributed by atoms with Crippen molar-refractivity contribution in [2.24, 2.45) is 17.6 Å². The number of carbonyl (C=O) groups excluding carboxylic acids is 1. The largest absolute Gasteiger partial charge is 0.465 e. The third kappa shape index (κ3) is 5.06. The summed E-state index contributed by atoms with van der Waals surface area (Å²) in [5, 5.41) is 0. The predicted molar refractivity (Wildman–Crippen MR) is 80.4 cm³/mol. The third-order valence-corrected chi connectivity index (χ3v) is 4.43. The summed E-state index contributed by atoms with van der Waals surface area (Å²) < 4.78 is 11.1. The molecule has 4 heteroatoms. The molecule has 1 aliphatic carbocycles. The Morgan fingerprint density at radius 1 is 1.35 bits per heavy atom. The normalized spacial score (nSPS) is 31.4. The van der Waals surface area contributed by atoms with E-state index in [-0.39, 0.29) is 12.1 Å². The van der Waals surface area contributed by atoms with Crippen LogP contribution < -0.4 is 5.73 Å². The lowest BCUT2D eigenvalue weighted by Gasteiger charge is -2.35. The molecule has 0 saturated heterocycles. The maximum atomic E-state index is 11.8. The molecule has 0 aromatic carbocycles. The fourth-order valence-electron chi connectivity index (χ4n) is 2.97. The first-order valence-corrected chi connectivity index (χ1v) is 7.87. The fraction of sp³-hybridized carbons (Fsp3) is 0.938. The van der Waals surface area contributed by atoms with Gasteiger partial charge in [0.1, 0.15) is 5.54 Å². The number of nitrogens with two attached hydrogens (primary N) is 1. The molecule has 2 N–H and O–H groups in total. The Morgan fingerprint density at radius 3 is 2.55 bits per heavy atom. The number of ether oxygens (including phenoxy) is 2. The van der Waals surface area contributed by atoms with Crippen LogP contribution in [0.15, 0.2) is 0 Å². The van der Waals surface area contributed by atoms with Crippen LogP contribution in [0.3, 0.4) is 0 Å². The van der Waals surface area contributed by atoms with E-state index in [1.54, 1.807) is 13.8 Å². The van der Waals surface area contributed by atoms with Crippen molar-refractivity contribution in [2.75, 3.05) is 6.61 Å². The van der Waals surface area contributed by atoms with Crippen LogP contribution in [0.1, 0.15) is 60.3 Å². The van der Waals surface area contributed by atoms with Crippen LogP contribution in [-0.2, 0) is 14.3 Å². The average Bonchev–Trinajstić information content (AvgIpc) is 2.33. The SMILES string of the molecule is CCOC(=O)C(C)(N)CC(C)OC1CCC(C)C(C)C1. The van der Waals surface area contributed by atoms with Crippen LogP contribution in [0.2, 0.25) is 0 Å². The maximum Gasteiger partial charge on any atom is 0.325 e. The molecule has 0 spiro atoms. The van der Waals surface area contributed by atoms with E-state index in [0.717, 1.165) is 18.8 Å². The summed E-state index contributed by atoms with van der Waals surface area (Å²) in [5.41, 5.74) is 5.08. The standard InChI is InChI=1S/C16H31NO3/c1-6-19-15(18)16(5,17)10-13(4)20-14-8-7-11(2)12(3)9-14/h11-14H,6-10,17H2,1-5H3. The number of hydrogen-bond donors (Lipinski definition) is 1. The van der Waals surface area contributed by atoms with Gasteiger partial charge in [-0.25, -0.2) is 0 Å². The van der Waals surface area contributed by atoms with Crippen molar-refractivity contribution >= 4 is 5.97 Å². The van der Waals surface area contributed by atoms with Gasteiger partial charge >= 0.3 is 5.97 Å². The van der Waals surface area contributed by atoms with Gasteiger partial charge in [-0.1, -0.05) is 13.8 Å². The highest BCUT2D eigenvalue weighted by Crippen LogP contribution is 2.32. The fourth-order valence-corrected chi connectivity index (χ4v) is 2.97. The molecule has 0 radical (unpaired) electrons. The number of esters is 1.